The summed E-state index contributed by atoms with van der Waals surface area (Å²) in [5.41, 5.74) is 5.50. The van der Waals surface area contributed by atoms with E-state index in [0.29, 0.717) is 25.9 Å². The summed E-state index contributed by atoms with van der Waals surface area (Å²) in [6.45, 7) is 2.04. The Morgan fingerprint density at radius 2 is 2.07 bits per heavy atom. The molecule has 0 rings (SSSR count). The van der Waals surface area contributed by atoms with Crippen LogP contribution in [0.3, 0.4) is 0 Å². The molecule has 0 radical (unpaired) electrons. The summed E-state index contributed by atoms with van der Waals surface area (Å²) in [5.74, 6) is -1.24. The van der Waals surface area contributed by atoms with E-state index in [1.165, 1.54) is 0 Å². The summed E-state index contributed by atoms with van der Waals surface area (Å²) in [5, 5.41) is 8.35. The molecular weight excluding hydrogens is 186 g/mol. The molecule has 0 bridgehead atoms. The average Bonchev–Trinajstić information content (AvgIpc) is 2.12. The van der Waals surface area contributed by atoms with Gasteiger partial charge in [-0.25, -0.2) is 0 Å². The van der Waals surface area contributed by atoms with Crippen LogP contribution in [0, 0.1) is 0 Å². The van der Waals surface area contributed by atoms with E-state index in [4.69, 9.17) is 15.6 Å². The van der Waals surface area contributed by atoms with Gasteiger partial charge in [-0.1, -0.05) is 6.42 Å². The fourth-order valence-electron chi connectivity index (χ4n) is 1.01. The Bertz CT molecular complexity index is 193. The number of hydrogen-bond acceptors (Lipinski definition) is 4. The maximum Gasteiger partial charge on any atom is 0.322 e. The number of carboxylic acid groups (broad SMARTS) is 1. The number of carbonyl (C=O) groups excluding carboxylic acids is 1. The van der Waals surface area contributed by atoms with Gasteiger partial charge in [0.1, 0.15) is 6.04 Å². The number of hydrogen-bond donors (Lipinski definition) is 2. The van der Waals surface area contributed by atoms with Crippen LogP contribution in [-0.4, -0.2) is 29.7 Å². The van der Waals surface area contributed by atoms with Crippen molar-refractivity contribution in [3.05, 3.63) is 0 Å². The molecule has 5 nitrogen and oxygen atoms in total. The smallest absolute Gasteiger partial charge is 0.322 e. The Morgan fingerprint density at radius 1 is 1.43 bits per heavy atom. The van der Waals surface area contributed by atoms with E-state index in [9.17, 15) is 9.59 Å². The molecule has 0 saturated carbocycles. The van der Waals surface area contributed by atoms with Gasteiger partial charge in [-0.15, -0.1) is 0 Å². The van der Waals surface area contributed by atoms with Crippen LogP contribution in [0.4, 0.5) is 0 Å². The highest BCUT2D eigenvalue weighted by molar-refractivity contribution is 5.75. The first-order valence-electron chi connectivity index (χ1n) is 4.72. The quantitative estimate of drug-likeness (QED) is 0.465. The van der Waals surface area contributed by atoms with Crippen molar-refractivity contribution in [2.75, 3.05) is 6.61 Å². The van der Waals surface area contributed by atoms with E-state index >= 15 is 0 Å². The van der Waals surface area contributed by atoms with Crippen LogP contribution in [-0.2, 0) is 14.3 Å². The third-order valence-corrected chi connectivity index (χ3v) is 1.75. The zero-order valence-corrected chi connectivity index (χ0v) is 8.36. The van der Waals surface area contributed by atoms with Crippen molar-refractivity contribution in [1.82, 2.24) is 0 Å². The second-order valence-corrected chi connectivity index (χ2v) is 3.00. The van der Waals surface area contributed by atoms with Crippen LogP contribution in [0.15, 0.2) is 0 Å². The highest BCUT2D eigenvalue weighted by Crippen LogP contribution is 2.03. The van der Waals surface area contributed by atoms with Crippen LogP contribution in [0.1, 0.15) is 32.6 Å². The molecule has 0 aromatic carbocycles. The minimum absolute atomic E-state index is 0.121. The number of esters is 1. The van der Waals surface area contributed by atoms with Crippen molar-refractivity contribution in [3.63, 3.8) is 0 Å². The Balaban J connectivity index is 3.48. The van der Waals surface area contributed by atoms with Crippen molar-refractivity contribution in [1.29, 1.82) is 0 Å². The summed E-state index contributed by atoms with van der Waals surface area (Å²) in [6, 6.07) is -0.622. The van der Waals surface area contributed by atoms with E-state index in [0.717, 1.165) is 0 Å². The Hall–Kier alpha value is -1.10. The molecule has 5 heteroatoms. The van der Waals surface area contributed by atoms with Crippen molar-refractivity contribution in [2.24, 2.45) is 5.73 Å². The third kappa shape index (κ3) is 6.42. The topological polar surface area (TPSA) is 89.6 Å². The normalized spacial score (nSPS) is 12.1. The summed E-state index contributed by atoms with van der Waals surface area (Å²) in [6.07, 6.45) is 1.77. The lowest BCUT2D eigenvalue weighted by atomic mass is 10.1. The van der Waals surface area contributed by atoms with Crippen molar-refractivity contribution in [2.45, 2.75) is 38.6 Å². The first-order chi connectivity index (χ1) is 6.57. The molecule has 1 atom stereocenters. The summed E-state index contributed by atoms with van der Waals surface area (Å²) in [4.78, 5) is 21.2. The van der Waals surface area contributed by atoms with Gasteiger partial charge in [-0.2, -0.15) is 0 Å². The monoisotopic (exact) mass is 203 g/mol. The lowest BCUT2D eigenvalue weighted by Gasteiger charge is -2.09. The number of unbranched alkanes of at least 4 members (excludes halogenated alkanes) is 1. The molecule has 0 aliphatic heterocycles. The SMILES string of the molecule is CCOC(=O)[C@H](N)CCCCC(=O)O. The Kier molecular flexibility index (Phi) is 6.74. The molecule has 0 unspecified atom stereocenters. The first-order valence-corrected chi connectivity index (χ1v) is 4.72. The van der Waals surface area contributed by atoms with Gasteiger partial charge in [0, 0.05) is 6.42 Å². The van der Waals surface area contributed by atoms with Crippen LogP contribution in [0.5, 0.6) is 0 Å². The molecule has 0 amide bonds. The highest BCUT2D eigenvalue weighted by atomic mass is 16.5. The van der Waals surface area contributed by atoms with Gasteiger partial charge in [0.05, 0.1) is 6.61 Å². The van der Waals surface area contributed by atoms with Gasteiger partial charge in [0.15, 0.2) is 0 Å². The predicted molar refractivity (Wildman–Crippen MR) is 50.7 cm³/mol. The Labute approximate surface area is 83.2 Å². The number of carboxylic acids is 1. The molecule has 0 saturated heterocycles. The molecule has 0 aromatic heterocycles. The zero-order valence-electron chi connectivity index (χ0n) is 8.36. The number of nitrogens with two attached hydrogens (primary N) is 1. The van der Waals surface area contributed by atoms with E-state index in [1.54, 1.807) is 6.92 Å². The Morgan fingerprint density at radius 3 is 2.57 bits per heavy atom. The van der Waals surface area contributed by atoms with Gasteiger partial charge in [0.2, 0.25) is 0 Å². The van der Waals surface area contributed by atoms with E-state index < -0.39 is 18.0 Å². The maximum absolute atomic E-state index is 11.0. The largest absolute Gasteiger partial charge is 0.481 e. The first kappa shape index (κ1) is 12.9. The van der Waals surface area contributed by atoms with E-state index in [2.05, 4.69) is 0 Å². The second kappa shape index (κ2) is 7.32. The van der Waals surface area contributed by atoms with Crippen LogP contribution in [0.2, 0.25) is 0 Å². The van der Waals surface area contributed by atoms with E-state index in [1.807, 2.05) is 0 Å². The zero-order chi connectivity index (χ0) is 11.0. The predicted octanol–water partition coefficient (Wildman–Crippen LogP) is 0.522. The van der Waals surface area contributed by atoms with Gasteiger partial charge < -0.3 is 15.6 Å². The molecule has 0 fully saturated rings. The number of carbonyl (C=O) groups is 2. The van der Waals surface area contributed by atoms with Crippen LogP contribution in [0.25, 0.3) is 0 Å². The fraction of sp³-hybridized carbons (Fsp3) is 0.778. The van der Waals surface area contributed by atoms with Crippen molar-refractivity contribution < 1.29 is 19.4 Å². The van der Waals surface area contributed by atoms with Gasteiger partial charge >= 0.3 is 11.9 Å². The molecule has 0 heterocycles. The summed E-state index contributed by atoms with van der Waals surface area (Å²) >= 11 is 0. The molecular formula is C9H17NO4. The molecule has 0 aliphatic rings. The average molecular weight is 203 g/mol. The number of aliphatic carboxylic acids is 1. The minimum Gasteiger partial charge on any atom is -0.481 e. The summed E-state index contributed by atoms with van der Waals surface area (Å²) < 4.78 is 4.70. The van der Waals surface area contributed by atoms with Gasteiger partial charge in [0.25, 0.3) is 0 Å². The third-order valence-electron chi connectivity index (χ3n) is 1.75. The van der Waals surface area contributed by atoms with Gasteiger partial charge in [-0.05, 0) is 19.8 Å². The molecule has 3 N–H and O–H groups in total. The standard InChI is InChI=1S/C9H17NO4/c1-2-14-9(13)7(10)5-3-4-6-8(11)12/h7H,2-6,10H2,1H3,(H,11,12)/t7-/m1/s1. The lowest BCUT2D eigenvalue weighted by molar-refractivity contribution is -0.144. The molecule has 0 aliphatic carbocycles. The lowest BCUT2D eigenvalue weighted by Crippen LogP contribution is -2.32. The van der Waals surface area contributed by atoms with Crippen LogP contribution >= 0.6 is 0 Å². The molecule has 0 spiro atoms. The number of ether oxygens (including phenoxy) is 1. The molecule has 14 heavy (non-hydrogen) atoms. The van der Waals surface area contributed by atoms with Crippen LogP contribution < -0.4 is 5.73 Å². The summed E-state index contributed by atoms with van der Waals surface area (Å²) in [7, 11) is 0. The minimum atomic E-state index is -0.824. The van der Waals surface area contributed by atoms with Gasteiger partial charge in [-0.3, -0.25) is 9.59 Å². The van der Waals surface area contributed by atoms with Crippen molar-refractivity contribution in [3.8, 4) is 0 Å². The van der Waals surface area contributed by atoms with Crippen molar-refractivity contribution >= 4 is 11.9 Å². The van der Waals surface area contributed by atoms with E-state index in [-0.39, 0.29) is 6.42 Å². The highest BCUT2D eigenvalue weighted by Gasteiger charge is 2.13. The number of rotatable bonds is 7. The molecule has 0 aromatic rings. The second-order valence-electron chi connectivity index (χ2n) is 3.00. The molecule has 82 valence electrons. The maximum atomic E-state index is 11.0. The fourth-order valence-corrected chi connectivity index (χ4v) is 1.01.